The van der Waals surface area contributed by atoms with E-state index in [2.05, 4.69) is 0 Å². The maximum atomic E-state index is 11.1. The molecule has 0 heterocycles. The molecule has 0 aromatic carbocycles. The van der Waals surface area contributed by atoms with E-state index < -0.39 is 11.4 Å². The molecule has 76 valence electrons. The number of nitrogens with two attached hydrogens (primary N) is 1. The Kier molecular flexibility index (Phi) is 2.88. The van der Waals surface area contributed by atoms with Crippen LogP contribution in [0.5, 0.6) is 0 Å². The van der Waals surface area contributed by atoms with Crippen LogP contribution in [0.3, 0.4) is 0 Å². The summed E-state index contributed by atoms with van der Waals surface area (Å²) in [5, 5.41) is 9.11. The van der Waals surface area contributed by atoms with Crippen molar-refractivity contribution < 1.29 is 9.90 Å². The minimum atomic E-state index is -0.669. The topological polar surface area (TPSA) is 63.3 Å². The molecule has 2 bridgehead atoms. The molecule has 13 heavy (non-hydrogen) atoms. The molecule has 0 spiro atoms. The van der Waals surface area contributed by atoms with E-state index in [1.807, 2.05) is 0 Å². The molecule has 0 aromatic rings. The highest BCUT2D eigenvalue weighted by Gasteiger charge is 2.54. The van der Waals surface area contributed by atoms with Crippen molar-refractivity contribution in [3.63, 3.8) is 0 Å². The van der Waals surface area contributed by atoms with Gasteiger partial charge in [0.2, 0.25) is 0 Å². The average Bonchev–Trinajstić information content (AvgIpc) is 2.62. The van der Waals surface area contributed by atoms with Crippen LogP contribution in [-0.2, 0) is 4.79 Å². The Labute approximate surface area is 84.1 Å². The molecule has 2 aliphatic carbocycles. The van der Waals surface area contributed by atoms with Gasteiger partial charge >= 0.3 is 5.97 Å². The van der Waals surface area contributed by atoms with E-state index in [0.717, 1.165) is 19.3 Å². The van der Waals surface area contributed by atoms with Gasteiger partial charge in [0.1, 0.15) is 0 Å². The van der Waals surface area contributed by atoms with E-state index in [9.17, 15) is 4.79 Å². The number of halogens is 1. The van der Waals surface area contributed by atoms with Gasteiger partial charge in [0.05, 0.1) is 5.41 Å². The predicted octanol–water partition coefficient (Wildman–Crippen LogP) is 1.26. The van der Waals surface area contributed by atoms with Gasteiger partial charge in [0.15, 0.2) is 0 Å². The Bertz CT molecular complexity index is 222. The molecule has 3 atom stereocenters. The molecule has 2 rings (SSSR count). The van der Waals surface area contributed by atoms with E-state index in [0.29, 0.717) is 18.4 Å². The number of fused-ring (bicyclic) bond motifs is 2. The van der Waals surface area contributed by atoms with Crippen LogP contribution in [0.15, 0.2) is 0 Å². The third kappa shape index (κ3) is 1.34. The Morgan fingerprint density at radius 2 is 2.23 bits per heavy atom. The van der Waals surface area contributed by atoms with E-state index in [1.54, 1.807) is 0 Å². The predicted molar refractivity (Wildman–Crippen MR) is 51.8 cm³/mol. The smallest absolute Gasteiger partial charge is 0.311 e. The molecule has 3 N–H and O–H groups in total. The molecule has 0 radical (unpaired) electrons. The Morgan fingerprint density at radius 3 is 2.46 bits per heavy atom. The van der Waals surface area contributed by atoms with Crippen LogP contribution in [0.2, 0.25) is 0 Å². The third-order valence-corrected chi connectivity index (χ3v) is 3.77. The number of hydrogen-bond acceptors (Lipinski definition) is 2. The lowest BCUT2D eigenvalue weighted by Gasteiger charge is -2.31. The fourth-order valence-corrected chi connectivity index (χ4v) is 3.04. The van der Waals surface area contributed by atoms with Crippen LogP contribution < -0.4 is 5.73 Å². The standard InChI is InChI=1S/C9H15NO2.ClH/c10-5-9(8(11)12)4-6-1-2-7(9)3-6;/h6-7H,1-5,10H2,(H,11,12);1H. The summed E-state index contributed by atoms with van der Waals surface area (Å²) >= 11 is 0. The SMILES string of the molecule is Cl.NCC1(C(=O)O)CC2CCC1C2. The quantitative estimate of drug-likeness (QED) is 0.714. The first-order valence-corrected chi connectivity index (χ1v) is 4.62. The molecular weight excluding hydrogens is 190 g/mol. The summed E-state index contributed by atoms with van der Waals surface area (Å²) in [6.45, 7) is 0.323. The van der Waals surface area contributed by atoms with Crippen LogP contribution in [0, 0.1) is 17.3 Å². The fraction of sp³-hybridized carbons (Fsp3) is 0.889. The van der Waals surface area contributed by atoms with Crippen molar-refractivity contribution in [2.24, 2.45) is 23.0 Å². The third-order valence-electron chi connectivity index (χ3n) is 3.77. The lowest BCUT2D eigenvalue weighted by molar-refractivity contribution is -0.151. The highest BCUT2D eigenvalue weighted by molar-refractivity contribution is 5.85. The number of carboxylic acid groups (broad SMARTS) is 1. The van der Waals surface area contributed by atoms with Gasteiger partial charge in [-0.3, -0.25) is 4.79 Å². The first-order valence-electron chi connectivity index (χ1n) is 4.62. The maximum absolute atomic E-state index is 11.1. The number of carbonyl (C=O) groups is 1. The van der Waals surface area contributed by atoms with E-state index in [1.165, 1.54) is 6.42 Å². The van der Waals surface area contributed by atoms with Crippen LogP contribution in [0.1, 0.15) is 25.7 Å². The number of hydrogen-bond donors (Lipinski definition) is 2. The van der Waals surface area contributed by atoms with Gasteiger partial charge in [0.25, 0.3) is 0 Å². The summed E-state index contributed by atoms with van der Waals surface area (Å²) in [5.41, 5.74) is 5.02. The summed E-state index contributed by atoms with van der Waals surface area (Å²) < 4.78 is 0. The van der Waals surface area contributed by atoms with Crippen molar-refractivity contribution in [2.75, 3.05) is 6.54 Å². The Hall–Kier alpha value is -0.280. The molecule has 2 fully saturated rings. The average molecular weight is 206 g/mol. The van der Waals surface area contributed by atoms with Crippen LogP contribution >= 0.6 is 12.4 Å². The molecular formula is C9H16ClNO2. The Morgan fingerprint density at radius 1 is 1.54 bits per heavy atom. The number of rotatable bonds is 2. The summed E-state index contributed by atoms with van der Waals surface area (Å²) in [5.74, 6) is 0.344. The first kappa shape index (κ1) is 10.8. The number of carboxylic acids is 1. The summed E-state index contributed by atoms with van der Waals surface area (Å²) in [6.07, 6.45) is 4.22. The van der Waals surface area contributed by atoms with Gasteiger partial charge in [-0.25, -0.2) is 0 Å². The summed E-state index contributed by atoms with van der Waals surface area (Å²) in [7, 11) is 0. The van der Waals surface area contributed by atoms with Crippen LogP contribution in [0.25, 0.3) is 0 Å². The minimum Gasteiger partial charge on any atom is -0.481 e. The zero-order chi connectivity index (χ0) is 8.77. The first-order chi connectivity index (χ1) is 5.69. The monoisotopic (exact) mass is 205 g/mol. The normalized spacial score (nSPS) is 41.6. The van der Waals surface area contributed by atoms with Crippen molar-refractivity contribution >= 4 is 18.4 Å². The van der Waals surface area contributed by atoms with Gasteiger partial charge in [-0.05, 0) is 31.1 Å². The molecule has 4 heteroatoms. The highest BCUT2D eigenvalue weighted by atomic mass is 35.5. The van der Waals surface area contributed by atoms with Crippen molar-refractivity contribution in [1.82, 2.24) is 0 Å². The van der Waals surface area contributed by atoms with Crippen molar-refractivity contribution in [1.29, 1.82) is 0 Å². The van der Waals surface area contributed by atoms with Gasteiger partial charge < -0.3 is 10.8 Å². The van der Waals surface area contributed by atoms with E-state index in [4.69, 9.17) is 10.8 Å². The van der Waals surface area contributed by atoms with Crippen molar-refractivity contribution in [3.8, 4) is 0 Å². The van der Waals surface area contributed by atoms with E-state index in [-0.39, 0.29) is 12.4 Å². The van der Waals surface area contributed by atoms with E-state index >= 15 is 0 Å². The second kappa shape index (κ2) is 3.46. The minimum absolute atomic E-state index is 0. The second-order valence-corrected chi connectivity index (χ2v) is 4.25. The van der Waals surface area contributed by atoms with Gasteiger partial charge in [-0.1, -0.05) is 6.42 Å². The zero-order valence-electron chi connectivity index (χ0n) is 7.53. The van der Waals surface area contributed by atoms with Crippen molar-refractivity contribution in [2.45, 2.75) is 25.7 Å². The molecule has 0 amide bonds. The Balaban J connectivity index is 0.000000845. The lowest BCUT2D eigenvalue weighted by atomic mass is 9.73. The summed E-state index contributed by atoms with van der Waals surface area (Å²) in [4.78, 5) is 11.1. The zero-order valence-corrected chi connectivity index (χ0v) is 8.35. The molecule has 2 aliphatic rings. The van der Waals surface area contributed by atoms with Crippen molar-refractivity contribution in [3.05, 3.63) is 0 Å². The molecule has 0 saturated heterocycles. The molecule has 0 aliphatic heterocycles. The number of aliphatic carboxylic acids is 1. The molecule has 0 aromatic heterocycles. The maximum Gasteiger partial charge on any atom is 0.311 e. The largest absolute Gasteiger partial charge is 0.481 e. The van der Waals surface area contributed by atoms with Gasteiger partial charge in [-0.2, -0.15) is 0 Å². The van der Waals surface area contributed by atoms with Crippen LogP contribution in [0.4, 0.5) is 0 Å². The van der Waals surface area contributed by atoms with Gasteiger partial charge in [0, 0.05) is 6.54 Å². The molecule has 3 nitrogen and oxygen atoms in total. The second-order valence-electron chi connectivity index (χ2n) is 4.25. The van der Waals surface area contributed by atoms with Gasteiger partial charge in [-0.15, -0.1) is 12.4 Å². The molecule has 2 saturated carbocycles. The highest BCUT2D eigenvalue weighted by Crippen LogP contribution is 2.55. The lowest BCUT2D eigenvalue weighted by Crippen LogP contribution is -2.42. The summed E-state index contributed by atoms with van der Waals surface area (Å²) in [6, 6.07) is 0. The fourth-order valence-electron chi connectivity index (χ4n) is 3.04. The molecule has 3 unspecified atom stereocenters. The van der Waals surface area contributed by atoms with Crippen LogP contribution in [-0.4, -0.2) is 17.6 Å².